The van der Waals surface area contributed by atoms with Crippen LogP contribution in [0.5, 0.6) is 5.75 Å². The molecule has 2 N–H and O–H groups in total. The third-order valence-electron chi connectivity index (χ3n) is 6.09. The van der Waals surface area contributed by atoms with Crippen molar-refractivity contribution in [3.63, 3.8) is 0 Å². The highest BCUT2D eigenvalue weighted by Crippen LogP contribution is 2.35. The number of aromatic nitrogens is 2. The number of halogens is 1. The van der Waals surface area contributed by atoms with Gasteiger partial charge in [-0.25, -0.2) is 4.39 Å². The lowest BCUT2D eigenvalue weighted by Crippen LogP contribution is -2.48. The summed E-state index contributed by atoms with van der Waals surface area (Å²) in [5.74, 6) is -0.155. The van der Waals surface area contributed by atoms with E-state index in [1.54, 1.807) is 18.5 Å². The van der Waals surface area contributed by atoms with Crippen LogP contribution in [0.1, 0.15) is 24.8 Å². The Morgan fingerprint density at radius 1 is 1.10 bits per heavy atom. The van der Waals surface area contributed by atoms with Gasteiger partial charge in [-0.2, -0.15) is 0 Å². The van der Waals surface area contributed by atoms with Gasteiger partial charge in [0.25, 0.3) is 0 Å². The van der Waals surface area contributed by atoms with Crippen molar-refractivity contribution in [3.05, 3.63) is 54.1 Å². The Labute approximate surface area is 178 Å². The number of hydrogen-bond acceptors (Lipinski definition) is 6. The van der Waals surface area contributed by atoms with E-state index in [-0.39, 0.29) is 18.2 Å². The monoisotopic (exact) mass is 422 g/mol. The molecule has 160 valence electrons. The Balaban J connectivity index is 1.25. The van der Waals surface area contributed by atoms with E-state index in [9.17, 15) is 14.3 Å². The molecule has 2 aliphatic heterocycles. The van der Waals surface area contributed by atoms with E-state index in [1.807, 2.05) is 18.2 Å². The van der Waals surface area contributed by atoms with Gasteiger partial charge in [0.2, 0.25) is 5.91 Å². The summed E-state index contributed by atoms with van der Waals surface area (Å²) in [4.78, 5) is 22.5. The molecule has 0 atom stereocenters. The Kier molecular flexibility index (Phi) is 4.94. The first-order valence-electron chi connectivity index (χ1n) is 10.4. The van der Waals surface area contributed by atoms with Gasteiger partial charge in [-0.05, 0) is 49.6 Å². The van der Waals surface area contributed by atoms with E-state index >= 15 is 0 Å². The number of rotatable bonds is 4. The van der Waals surface area contributed by atoms with Crippen LogP contribution in [0.25, 0.3) is 11.0 Å². The highest BCUT2D eigenvalue weighted by atomic mass is 19.1. The van der Waals surface area contributed by atoms with Crippen molar-refractivity contribution in [2.24, 2.45) is 0 Å². The van der Waals surface area contributed by atoms with Gasteiger partial charge in [-0.15, -0.1) is 0 Å². The van der Waals surface area contributed by atoms with Crippen molar-refractivity contribution < 1.29 is 19.0 Å². The third-order valence-corrected chi connectivity index (χ3v) is 6.09. The molecule has 3 aromatic rings. The predicted molar refractivity (Wildman–Crippen MR) is 115 cm³/mol. The molecule has 1 amide bonds. The molecule has 2 aromatic carbocycles. The van der Waals surface area contributed by atoms with Crippen LogP contribution < -0.4 is 15.0 Å². The van der Waals surface area contributed by atoms with Gasteiger partial charge in [0.15, 0.2) is 0 Å². The van der Waals surface area contributed by atoms with Crippen LogP contribution in [-0.2, 0) is 11.2 Å². The van der Waals surface area contributed by atoms with Gasteiger partial charge in [0, 0.05) is 43.2 Å². The molecule has 1 fully saturated rings. The summed E-state index contributed by atoms with van der Waals surface area (Å²) in [6, 6.07) is 8.85. The number of aliphatic hydroxyl groups is 1. The minimum Gasteiger partial charge on any atom is -0.490 e. The second-order valence-corrected chi connectivity index (χ2v) is 8.18. The highest BCUT2D eigenvalue weighted by Gasteiger charge is 2.34. The maximum atomic E-state index is 14.1. The molecule has 1 saturated heterocycles. The van der Waals surface area contributed by atoms with Crippen molar-refractivity contribution in [1.29, 1.82) is 0 Å². The topological polar surface area (TPSA) is 87.6 Å². The molecule has 1 aromatic heterocycles. The summed E-state index contributed by atoms with van der Waals surface area (Å²) in [7, 11) is 0. The zero-order valence-electron chi connectivity index (χ0n) is 17.0. The van der Waals surface area contributed by atoms with E-state index in [4.69, 9.17) is 4.74 Å². The summed E-state index contributed by atoms with van der Waals surface area (Å²) in [5, 5.41) is 13.6. The van der Waals surface area contributed by atoms with Crippen LogP contribution in [0.4, 0.5) is 15.8 Å². The van der Waals surface area contributed by atoms with Crippen molar-refractivity contribution in [2.45, 2.75) is 31.3 Å². The fourth-order valence-electron chi connectivity index (χ4n) is 4.25. The lowest BCUT2D eigenvalue weighted by atomic mass is 9.92. The van der Waals surface area contributed by atoms with E-state index in [0.717, 1.165) is 16.7 Å². The number of carbonyl (C=O) groups excluding carboxylic acids is 1. The van der Waals surface area contributed by atoms with Crippen molar-refractivity contribution in [2.75, 3.05) is 29.9 Å². The number of amides is 1. The average Bonchev–Trinajstić information content (AvgIpc) is 2.79. The van der Waals surface area contributed by atoms with Crippen LogP contribution in [0.3, 0.4) is 0 Å². The first-order valence-corrected chi connectivity index (χ1v) is 10.4. The minimum absolute atomic E-state index is 0.121. The number of anilines is 2. The molecule has 0 aliphatic carbocycles. The number of piperidine rings is 1. The molecule has 7 nitrogen and oxygen atoms in total. The van der Waals surface area contributed by atoms with Crippen LogP contribution in [0.15, 0.2) is 42.7 Å². The number of hydrogen-bond donors (Lipinski definition) is 2. The van der Waals surface area contributed by atoms with Crippen molar-refractivity contribution >= 4 is 28.3 Å². The van der Waals surface area contributed by atoms with Crippen LogP contribution >= 0.6 is 0 Å². The number of carbonyl (C=O) groups is 1. The van der Waals surface area contributed by atoms with E-state index < -0.39 is 11.4 Å². The number of nitrogens with zero attached hydrogens (tertiary/aromatic N) is 3. The molecular weight excluding hydrogens is 399 g/mol. The summed E-state index contributed by atoms with van der Waals surface area (Å²) in [6.45, 7) is 1.49. The van der Waals surface area contributed by atoms with Gasteiger partial charge in [0.05, 0.1) is 16.7 Å². The second kappa shape index (κ2) is 7.77. The second-order valence-electron chi connectivity index (χ2n) is 8.18. The Morgan fingerprint density at radius 3 is 2.68 bits per heavy atom. The third kappa shape index (κ3) is 3.90. The average molecular weight is 422 g/mol. The Morgan fingerprint density at radius 2 is 1.87 bits per heavy atom. The normalized spacial score (nSPS) is 17.9. The summed E-state index contributed by atoms with van der Waals surface area (Å²) >= 11 is 0. The molecule has 0 bridgehead atoms. The fourth-order valence-corrected chi connectivity index (χ4v) is 4.25. The smallest absolute Gasteiger partial charge is 0.224 e. The van der Waals surface area contributed by atoms with Gasteiger partial charge < -0.3 is 20.1 Å². The summed E-state index contributed by atoms with van der Waals surface area (Å²) in [6.07, 6.45) is 5.16. The van der Waals surface area contributed by atoms with Gasteiger partial charge in [-0.1, -0.05) is 0 Å². The lowest BCUT2D eigenvalue weighted by molar-refractivity contribution is -0.116. The van der Waals surface area contributed by atoms with E-state index in [1.165, 1.54) is 6.07 Å². The molecule has 2 aliphatic rings. The molecule has 3 heterocycles. The van der Waals surface area contributed by atoms with Gasteiger partial charge in [0.1, 0.15) is 23.8 Å². The SMILES string of the molecule is O=C1CCc2c(OCC3(O)CCN(c4ccc5nccnc5c4)CC3)ccc(F)c2N1. The molecule has 0 radical (unpaired) electrons. The molecule has 31 heavy (non-hydrogen) atoms. The number of benzene rings is 2. The van der Waals surface area contributed by atoms with E-state index in [2.05, 4.69) is 20.2 Å². The molecule has 0 spiro atoms. The summed E-state index contributed by atoms with van der Waals surface area (Å²) < 4.78 is 20.0. The quantitative estimate of drug-likeness (QED) is 0.672. The van der Waals surface area contributed by atoms with Crippen LogP contribution in [0, 0.1) is 5.82 Å². The number of nitrogens with one attached hydrogen (secondary N) is 1. The molecule has 0 unspecified atom stereocenters. The zero-order chi connectivity index (χ0) is 21.4. The maximum absolute atomic E-state index is 14.1. The molecule has 8 heteroatoms. The van der Waals surface area contributed by atoms with Gasteiger partial charge in [-0.3, -0.25) is 14.8 Å². The predicted octanol–water partition coefficient (Wildman–Crippen LogP) is 3.06. The standard InChI is InChI=1S/C23H23FN4O3/c24-17-3-5-20(16-2-6-21(29)27-22(16)17)31-14-23(30)7-11-28(12-8-23)15-1-4-18-19(13-15)26-10-9-25-18/h1,3-5,9-10,13,30H,2,6-8,11-12,14H2,(H,27,29). The lowest BCUT2D eigenvalue weighted by Gasteiger charge is -2.39. The zero-order valence-corrected chi connectivity index (χ0v) is 17.0. The summed E-state index contributed by atoms with van der Waals surface area (Å²) in [5.41, 5.74) is 2.63. The van der Waals surface area contributed by atoms with Crippen molar-refractivity contribution in [1.82, 2.24) is 9.97 Å². The number of ether oxygens (including phenoxy) is 1. The number of fused-ring (bicyclic) bond motifs is 2. The first-order chi connectivity index (χ1) is 15.0. The van der Waals surface area contributed by atoms with E-state index in [0.29, 0.717) is 50.1 Å². The minimum atomic E-state index is -0.966. The molecular formula is C23H23FN4O3. The molecule has 0 saturated carbocycles. The molecule has 5 rings (SSSR count). The van der Waals surface area contributed by atoms with Crippen LogP contribution in [-0.4, -0.2) is 46.3 Å². The first kappa shape index (κ1) is 19.7. The largest absolute Gasteiger partial charge is 0.490 e. The van der Waals surface area contributed by atoms with Gasteiger partial charge >= 0.3 is 0 Å². The van der Waals surface area contributed by atoms with Crippen LogP contribution in [0.2, 0.25) is 0 Å². The Bertz CT molecular complexity index is 1140. The van der Waals surface area contributed by atoms with Crippen molar-refractivity contribution in [3.8, 4) is 5.75 Å². The Hall–Kier alpha value is -3.26. The highest BCUT2D eigenvalue weighted by molar-refractivity contribution is 5.94. The maximum Gasteiger partial charge on any atom is 0.224 e. The fraction of sp³-hybridized carbons (Fsp3) is 0.348.